The van der Waals surface area contributed by atoms with Crippen molar-refractivity contribution in [3.05, 3.63) is 72.4 Å². The molecule has 166 valence electrons. The zero-order valence-electron chi connectivity index (χ0n) is 17.7. The van der Waals surface area contributed by atoms with Crippen LogP contribution in [-0.4, -0.2) is 31.3 Å². The van der Waals surface area contributed by atoms with E-state index >= 15 is 0 Å². The van der Waals surface area contributed by atoms with Gasteiger partial charge in [-0.1, -0.05) is 30.0 Å². The van der Waals surface area contributed by atoms with E-state index in [1.54, 1.807) is 37.2 Å². The maximum atomic E-state index is 12.2. The number of urea groups is 1. The molecule has 0 aliphatic carbocycles. The van der Waals surface area contributed by atoms with Gasteiger partial charge in [-0.15, -0.1) is 11.3 Å². The van der Waals surface area contributed by atoms with E-state index in [-0.39, 0.29) is 6.03 Å². The number of carbonyl (C=O) groups is 1. The van der Waals surface area contributed by atoms with E-state index in [4.69, 9.17) is 9.47 Å². The normalized spacial score (nSPS) is 10.5. The number of benzene rings is 2. The molecule has 0 spiro atoms. The van der Waals surface area contributed by atoms with E-state index in [2.05, 4.69) is 21.7 Å². The number of hydrogen-bond donors (Lipinski definition) is 2. The molecule has 4 aromatic rings. The Balaban J connectivity index is 1.49. The van der Waals surface area contributed by atoms with Crippen LogP contribution in [0.3, 0.4) is 0 Å². The summed E-state index contributed by atoms with van der Waals surface area (Å²) in [5.41, 5.74) is 1.91. The van der Waals surface area contributed by atoms with Gasteiger partial charge in [0.2, 0.25) is 0 Å². The first-order valence-electron chi connectivity index (χ1n) is 10.0. The van der Waals surface area contributed by atoms with Crippen molar-refractivity contribution in [1.29, 1.82) is 5.26 Å². The number of hydrogen-bond acceptors (Lipinski definition) is 7. The first kappa shape index (κ1) is 22.6. The average molecular weight is 477 g/mol. The number of nitrogens with zero attached hydrogens (tertiary/aromatic N) is 2. The molecule has 2 heterocycles. The van der Waals surface area contributed by atoms with Crippen LogP contribution in [0.15, 0.2) is 76.0 Å². The lowest BCUT2D eigenvalue weighted by molar-refractivity contribution is 0.146. The first-order chi connectivity index (χ1) is 16.2. The Labute approximate surface area is 199 Å². The minimum Gasteiger partial charge on any atom is -0.490 e. The zero-order chi connectivity index (χ0) is 23.0. The average Bonchev–Trinajstić information content (AvgIpc) is 3.26. The van der Waals surface area contributed by atoms with E-state index in [0.717, 1.165) is 30.7 Å². The highest BCUT2D eigenvalue weighted by molar-refractivity contribution is 8.01. The summed E-state index contributed by atoms with van der Waals surface area (Å²) in [5, 5.41) is 16.8. The van der Waals surface area contributed by atoms with Gasteiger partial charge in [0.15, 0.2) is 0 Å². The van der Waals surface area contributed by atoms with Crippen LogP contribution in [0.5, 0.6) is 5.75 Å². The van der Waals surface area contributed by atoms with Gasteiger partial charge in [0, 0.05) is 35.3 Å². The number of rotatable bonds is 8. The second kappa shape index (κ2) is 10.8. The molecule has 7 nitrogen and oxygen atoms in total. The highest BCUT2D eigenvalue weighted by Crippen LogP contribution is 2.39. The first-order valence-corrected chi connectivity index (χ1v) is 11.6. The number of methoxy groups -OCH3 is 1. The Hall–Kier alpha value is -3.58. The van der Waals surface area contributed by atoms with Gasteiger partial charge in [0.1, 0.15) is 18.4 Å². The fraction of sp³-hybridized carbons (Fsp3) is 0.125. The van der Waals surface area contributed by atoms with E-state index < -0.39 is 0 Å². The fourth-order valence-corrected chi connectivity index (χ4v) is 5.12. The molecule has 9 heteroatoms. The highest BCUT2D eigenvalue weighted by Gasteiger charge is 2.12. The Morgan fingerprint density at radius 2 is 1.97 bits per heavy atom. The van der Waals surface area contributed by atoms with Gasteiger partial charge in [0.25, 0.3) is 0 Å². The number of para-hydroxylation sites is 1. The largest absolute Gasteiger partial charge is 0.490 e. The quantitative estimate of drug-likeness (QED) is 0.303. The van der Waals surface area contributed by atoms with Gasteiger partial charge < -0.3 is 14.8 Å². The Morgan fingerprint density at radius 3 is 2.76 bits per heavy atom. The molecule has 0 fully saturated rings. The minimum absolute atomic E-state index is 0.298. The highest BCUT2D eigenvalue weighted by atomic mass is 32.2. The van der Waals surface area contributed by atoms with Crippen molar-refractivity contribution in [3.63, 3.8) is 0 Å². The third kappa shape index (κ3) is 5.81. The van der Waals surface area contributed by atoms with Crippen molar-refractivity contribution in [2.45, 2.75) is 9.10 Å². The molecule has 2 aromatic carbocycles. The lowest BCUT2D eigenvalue weighted by atomic mass is 10.1. The van der Waals surface area contributed by atoms with Gasteiger partial charge >= 0.3 is 6.03 Å². The molecule has 33 heavy (non-hydrogen) atoms. The molecule has 4 rings (SSSR count). The molecule has 0 aliphatic heterocycles. The molecule has 0 atom stereocenters. The Bertz CT molecular complexity index is 1300. The molecule has 0 unspecified atom stereocenters. The number of pyridine rings is 1. The molecule has 2 N–H and O–H groups in total. The molecule has 0 saturated carbocycles. The monoisotopic (exact) mass is 476 g/mol. The number of ether oxygens (including phenoxy) is 2. The number of nitrogens with one attached hydrogen (secondary N) is 2. The summed E-state index contributed by atoms with van der Waals surface area (Å²) in [6, 6.07) is 20.5. The summed E-state index contributed by atoms with van der Waals surface area (Å²) in [6.07, 6.45) is 1.73. The van der Waals surface area contributed by atoms with Gasteiger partial charge in [-0.3, -0.25) is 10.3 Å². The van der Waals surface area contributed by atoms with Crippen molar-refractivity contribution < 1.29 is 14.3 Å². The van der Waals surface area contributed by atoms with Crippen LogP contribution in [0.25, 0.3) is 10.9 Å². The van der Waals surface area contributed by atoms with Crippen LogP contribution in [0, 0.1) is 11.3 Å². The van der Waals surface area contributed by atoms with Gasteiger partial charge in [-0.2, -0.15) is 5.26 Å². The van der Waals surface area contributed by atoms with Crippen LogP contribution in [0.4, 0.5) is 15.5 Å². The van der Waals surface area contributed by atoms with Gasteiger partial charge in [0.05, 0.1) is 26.9 Å². The zero-order valence-corrected chi connectivity index (χ0v) is 19.3. The molecule has 2 amide bonds. The van der Waals surface area contributed by atoms with Crippen molar-refractivity contribution >= 4 is 50.7 Å². The van der Waals surface area contributed by atoms with E-state index in [9.17, 15) is 10.1 Å². The number of nitriles is 1. The van der Waals surface area contributed by atoms with E-state index in [1.807, 2.05) is 48.5 Å². The van der Waals surface area contributed by atoms with Crippen molar-refractivity contribution in [3.8, 4) is 11.8 Å². The predicted octanol–water partition coefficient (Wildman–Crippen LogP) is 5.99. The SMILES string of the molecule is COCCOc1cc2nccc(Sc3ccc(NC(=O)Nc4ccccc4)s3)c2cc1C#N. The summed E-state index contributed by atoms with van der Waals surface area (Å²) in [6.45, 7) is 0.790. The second-order valence-corrected chi connectivity index (χ2v) is 9.22. The van der Waals surface area contributed by atoms with E-state index in [0.29, 0.717) is 24.5 Å². The Kier molecular flexibility index (Phi) is 7.42. The van der Waals surface area contributed by atoms with Crippen molar-refractivity contribution in [2.24, 2.45) is 0 Å². The third-order valence-electron chi connectivity index (χ3n) is 4.53. The lowest BCUT2D eigenvalue weighted by Gasteiger charge is -2.10. The molecule has 0 radical (unpaired) electrons. The van der Waals surface area contributed by atoms with Crippen molar-refractivity contribution in [2.75, 3.05) is 31.0 Å². The van der Waals surface area contributed by atoms with Gasteiger partial charge in [-0.25, -0.2) is 4.79 Å². The standard InChI is InChI=1S/C24H20N4O3S2/c1-30-11-12-31-20-14-19-18(13-16(20)15-25)21(9-10-26-19)32-23-8-7-22(33-23)28-24(29)27-17-5-3-2-4-6-17/h2-10,13-14H,11-12H2,1H3,(H2,27,28,29). The van der Waals surface area contributed by atoms with Crippen LogP contribution in [0.1, 0.15) is 5.56 Å². The van der Waals surface area contributed by atoms with Crippen LogP contribution >= 0.6 is 23.1 Å². The number of anilines is 2. The summed E-state index contributed by atoms with van der Waals surface area (Å²) in [7, 11) is 1.60. The predicted molar refractivity (Wildman–Crippen MR) is 131 cm³/mol. The van der Waals surface area contributed by atoms with E-state index in [1.165, 1.54) is 11.3 Å². The van der Waals surface area contributed by atoms with Crippen molar-refractivity contribution in [1.82, 2.24) is 4.98 Å². The number of fused-ring (bicyclic) bond motifs is 1. The topological polar surface area (TPSA) is 96.3 Å². The van der Waals surface area contributed by atoms with Crippen LogP contribution in [-0.2, 0) is 4.74 Å². The summed E-state index contributed by atoms with van der Waals surface area (Å²) in [4.78, 5) is 17.6. The van der Waals surface area contributed by atoms with Gasteiger partial charge in [-0.05, 0) is 36.4 Å². The molecule has 2 aromatic heterocycles. The number of thiophene rings is 1. The van der Waals surface area contributed by atoms with Crippen LogP contribution in [0.2, 0.25) is 0 Å². The summed E-state index contributed by atoms with van der Waals surface area (Å²) in [5.74, 6) is 0.490. The number of amides is 2. The maximum Gasteiger partial charge on any atom is 0.324 e. The molecule has 0 saturated heterocycles. The minimum atomic E-state index is -0.298. The smallest absolute Gasteiger partial charge is 0.324 e. The lowest BCUT2D eigenvalue weighted by Crippen LogP contribution is -2.18. The Morgan fingerprint density at radius 1 is 1.12 bits per heavy atom. The van der Waals surface area contributed by atoms with Crippen LogP contribution < -0.4 is 15.4 Å². The fourth-order valence-electron chi connectivity index (χ4n) is 3.03. The molecular weight excluding hydrogens is 456 g/mol. The summed E-state index contributed by atoms with van der Waals surface area (Å²) >= 11 is 3.02. The third-order valence-corrected chi connectivity index (χ3v) is 6.74. The summed E-state index contributed by atoms with van der Waals surface area (Å²) < 4.78 is 11.7. The molecule has 0 aliphatic rings. The number of aromatic nitrogens is 1. The molecular formula is C24H20N4O3S2. The molecule has 0 bridgehead atoms. The second-order valence-electron chi connectivity index (χ2n) is 6.79. The maximum absolute atomic E-state index is 12.2. The number of carbonyl (C=O) groups excluding carboxylic acids is 1.